The fourth-order valence-corrected chi connectivity index (χ4v) is 5.57. The highest BCUT2D eigenvalue weighted by Gasteiger charge is 2.36. The molecule has 3 aromatic rings. The molecule has 3 N–H and O–H groups in total. The SMILES string of the molecule is CCC(C(=N)C(=O)C(NC(=O)C(C)NC)C1CCCCC1)c1cncc(-n2cc(C)c3cc(F)ccc32)c1. The first kappa shape index (κ1) is 27.6. The van der Waals surface area contributed by atoms with Crippen LogP contribution in [0.5, 0.6) is 0 Å². The molecule has 8 heteroatoms. The first-order valence-electron chi connectivity index (χ1n) is 13.6. The van der Waals surface area contributed by atoms with Crippen LogP contribution in [0.1, 0.15) is 69.4 Å². The van der Waals surface area contributed by atoms with Gasteiger partial charge >= 0.3 is 0 Å². The minimum Gasteiger partial charge on any atom is -0.344 e. The molecule has 7 nitrogen and oxygen atoms in total. The number of fused-ring (bicyclic) bond motifs is 1. The molecule has 1 aliphatic carbocycles. The maximum atomic E-state index is 13.8. The van der Waals surface area contributed by atoms with E-state index in [2.05, 4.69) is 15.6 Å². The van der Waals surface area contributed by atoms with E-state index >= 15 is 0 Å². The molecule has 3 atom stereocenters. The van der Waals surface area contributed by atoms with Crippen molar-refractivity contribution in [2.75, 3.05) is 7.05 Å². The van der Waals surface area contributed by atoms with Gasteiger partial charge in [-0.1, -0.05) is 26.2 Å². The van der Waals surface area contributed by atoms with Crippen LogP contribution in [-0.2, 0) is 9.59 Å². The zero-order chi connectivity index (χ0) is 27.4. The topological polar surface area (TPSA) is 99.9 Å². The summed E-state index contributed by atoms with van der Waals surface area (Å²) in [6.07, 6.45) is 10.8. The van der Waals surface area contributed by atoms with Crippen LogP contribution in [0.4, 0.5) is 4.39 Å². The van der Waals surface area contributed by atoms with E-state index in [0.717, 1.165) is 59.8 Å². The van der Waals surface area contributed by atoms with Crippen LogP contribution in [0.25, 0.3) is 16.6 Å². The van der Waals surface area contributed by atoms with E-state index in [1.807, 2.05) is 30.7 Å². The number of aromatic nitrogens is 2. The van der Waals surface area contributed by atoms with Gasteiger partial charge in [0.2, 0.25) is 5.91 Å². The molecule has 1 saturated carbocycles. The van der Waals surface area contributed by atoms with Gasteiger partial charge in [0.05, 0.1) is 35.2 Å². The summed E-state index contributed by atoms with van der Waals surface area (Å²) in [4.78, 5) is 31.0. The fourth-order valence-electron chi connectivity index (χ4n) is 5.57. The third-order valence-electron chi connectivity index (χ3n) is 7.94. The fraction of sp³-hybridized carbons (Fsp3) is 0.467. The summed E-state index contributed by atoms with van der Waals surface area (Å²) in [7, 11) is 1.71. The number of carbonyl (C=O) groups excluding carboxylic acids is 2. The highest BCUT2D eigenvalue weighted by molar-refractivity contribution is 6.42. The number of aryl methyl sites for hydroxylation is 1. The summed E-state index contributed by atoms with van der Waals surface area (Å²) < 4.78 is 15.8. The third-order valence-corrected chi connectivity index (χ3v) is 7.94. The molecule has 38 heavy (non-hydrogen) atoms. The van der Waals surface area contributed by atoms with Crippen LogP contribution in [-0.4, -0.2) is 46.1 Å². The van der Waals surface area contributed by atoms with Crippen LogP contribution < -0.4 is 10.6 Å². The van der Waals surface area contributed by atoms with Crippen molar-refractivity contribution in [3.05, 3.63) is 59.8 Å². The number of Topliss-reactive ketones (excluding diaryl/α,β-unsaturated/α-hetero) is 1. The Bertz CT molecular complexity index is 1330. The lowest BCUT2D eigenvalue weighted by atomic mass is 9.78. The number of hydrogen-bond donors (Lipinski definition) is 3. The van der Waals surface area contributed by atoms with E-state index in [1.165, 1.54) is 12.1 Å². The van der Waals surface area contributed by atoms with Crippen molar-refractivity contribution in [2.45, 2.75) is 77.3 Å². The summed E-state index contributed by atoms with van der Waals surface area (Å²) >= 11 is 0. The van der Waals surface area contributed by atoms with Crippen molar-refractivity contribution in [1.82, 2.24) is 20.2 Å². The first-order chi connectivity index (χ1) is 18.2. The monoisotopic (exact) mass is 519 g/mol. The molecule has 0 saturated heterocycles. The Kier molecular flexibility index (Phi) is 8.72. The largest absolute Gasteiger partial charge is 0.344 e. The zero-order valence-corrected chi connectivity index (χ0v) is 22.7. The normalized spacial score (nSPS) is 16.7. The summed E-state index contributed by atoms with van der Waals surface area (Å²) in [6.45, 7) is 5.65. The van der Waals surface area contributed by atoms with Gasteiger partial charge in [-0.2, -0.15) is 0 Å². The van der Waals surface area contributed by atoms with Crippen molar-refractivity contribution in [3.63, 3.8) is 0 Å². The summed E-state index contributed by atoms with van der Waals surface area (Å²) in [5.74, 6) is -1.26. The number of ketones is 1. The molecule has 0 bridgehead atoms. The average molecular weight is 520 g/mol. The number of rotatable bonds is 10. The Morgan fingerprint density at radius 2 is 1.92 bits per heavy atom. The minimum atomic E-state index is -0.706. The van der Waals surface area contributed by atoms with Crippen LogP contribution in [0, 0.1) is 24.1 Å². The molecule has 202 valence electrons. The molecular formula is C30H38FN5O2. The average Bonchev–Trinajstić information content (AvgIpc) is 3.27. The van der Waals surface area contributed by atoms with Crippen molar-refractivity contribution in [3.8, 4) is 5.69 Å². The van der Waals surface area contributed by atoms with Crippen LogP contribution in [0.2, 0.25) is 0 Å². The van der Waals surface area contributed by atoms with Crippen LogP contribution in [0.3, 0.4) is 0 Å². The van der Waals surface area contributed by atoms with Crippen molar-refractivity contribution < 1.29 is 14.0 Å². The Labute approximate surface area is 223 Å². The molecule has 0 spiro atoms. The molecule has 4 rings (SSSR count). The quantitative estimate of drug-likeness (QED) is 0.320. The number of benzene rings is 1. The van der Waals surface area contributed by atoms with Crippen LogP contribution >= 0.6 is 0 Å². The lowest BCUT2D eigenvalue weighted by Crippen LogP contribution is -2.53. The van der Waals surface area contributed by atoms with E-state index in [-0.39, 0.29) is 29.1 Å². The smallest absolute Gasteiger partial charge is 0.237 e. The Hall–Kier alpha value is -3.39. The molecule has 1 aromatic carbocycles. The lowest BCUT2D eigenvalue weighted by Gasteiger charge is -2.32. The Morgan fingerprint density at radius 3 is 2.61 bits per heavy atom. The molecule has 1 amide bonds. The number of pyridine rings is 1. The van der Waals surface area contributed by atoms with E-state index in [9.17, 15) is 14.0 Å². The number of nitrogens with zero attached hydrogens (tertiary/aromatic N) is 2. The molecule has 1 fully saturated rings. The predicted molar refractivity (Wildman–Crippen MR) is 149 cm³/mol. The van der Waals surface area contributed by atoms with Gasteiger partial charge in [-0.3, -0.25) is 14.6 Å². The van der Waals surface area contributed by atoms with E-state index < -0.39 is 18.0 Å². The highest BCUT2D eigenvalue weighted by atomic mass is 19.1. The summed E-state index contributed by atoms with van der Waals surface area (Å²) in [6, 6.07) is 5.52. The molecule has 0 radical (unpaired) electrons. The number of amides is 1. The van der Waals surface area contributed by atoms with Crippen LogP contribution in [0.15, 0.2) is 42.9 Å². The number of hydrogen-bond acceptors (Lipinski definition) is 5. The van der Waals surface area contributed by atoms with Gasteiger partial charge in [-0.05, 0) is 81.5 Å². The standard InChI is InChI=1S/C30H38FN5O2/c1-5-24(27(32)29(37)28(20-9-7-6-8-10-20)35-30(38)19(3)33-4)21-13-23(16-34-15-21)36-17-18(2)25-14-22(31)11-12-26(25)36/h11-17,19-20,24,28,32-33H,5-10H2,1-4H3,(H,35,38). The molecule has 2 aromatic heterocycles. The van der Waals surface area contributed by atoms with E-state index in [4.69, 9.17) is 5.41 Å². The number of carbonyl (C=O) groups is 2. The highest BCUT2D eigenvalue weighted by Crippen LogP contribution is 2.31. The predicted octanol–water partition coefficient (Wildman–Crippen LogP) is 5.23. The molecule has 2 heterocycles. The first-order valence-corrected chi connectivity index (χ1v) is 13.6. The summed E-state index contributed by atoms with van der Waals surface area (Å²) in [5, 5.41) is 15.7. The number of halogens is 1. The number of likely N-dealkylation sites (N-methyl/N-ethyl adjacent to an activating group) is 1. The summed E-state index contributed by atoms with van der Waals surface area (Å²) in [5.41, 5.74) is 3.35. The van der Waals surface area contributed by atoms with Gasteiger partial charge in [-0.25, -0.2) is 4.39 Å². The second-order valence-corrected chi connectivity index (χ2v) is 10.5. The van der Waals surface area contributed by atoms with Gasteiger partial charge < -0.3 is 20.6 Å². The van der Waals surface area contributed by atoms with Gasteiger partial charge in [-0.15, -0.1) is 0 Å². The van der Waals surface area contributed by atoms with Crippen molar-refractivity contribution in [2.24, 2.45) is 5.92 Å². The van der Waals surface area contributed by atoms with Gasteiger partial charge in [0, 0.05) is 23.7 Å². The molecule has 3 unspecified atom stereocenters. The van der Waals surface area contributed by atoms with E-state index in [1.54, 1.807) is 32.4 Å². The second kappa shape index (κ2) is 12.0. The molecule has 0 aliphatic heterocycles. The maximum Gasteiger partial charge on any atom is 0.237 e. The molecule has 1 aliphatic rings. The lowest BCUT2D eigenvalue weighted by molar-refractivity contribution is -0.127. The van der Waals surface area contributed by atoms with Gasteiger partial charge in [0.25, 0.3) is 0 Å². The third kappa shape index (κ3) is 5.70. The molecular weight excluding hydrogens is 481 g/mol. The Balaban J connectivity index is 1.64. The van der Waals surface area contributed by atoms with Gasteiger partial charge in [0.15, 0.2) is 5.78 Å². The second-order valence-electron chi connectivity index (χ2n) is 10.5. The van der Waals surface area contributed by atoms with Crippen molar-refractivity contribution in [1.29, 1.82) is 5.41 Å². The minimum absolute atomic E-state index is 0.00458. The maximum absolute atomic E-state index is 13.8. The number of nitrogens with one attached hydrogen (secondary N) is 3. The Morgan fingerprint density at radius 1 is 1.18 bits per heavy atom. The van der Waals surface area contributed by atoms with E-state index in [0.29, 0.717) is 6.42 Å². The zero-order valence-electron chi connectivity index (χ0n) is 22.7. The van der Waals surface area contributed by atoms with Crippen molar-refractivity contribution >= 4 is 28.3 Å². The van der Waals surface area contributed by atoms with Gasteiger partial charge in [0.1, 0.15) is 5.82 Å².